The fourth-order valence-electron chi connectivity index (χ4n) is 1.77. The van der Waals surface area contributed by atoms with E-state index in [1.54, 1.807) is 19.1 Å². The number of carbonyl (C=O) groups excluding carboxylic acids is 2. The van der Waals surface area contributed by atoms with Gasteiger partial charge in [-0.15, -0.1) is 0 Å². The minimum absolute atomic E-state index is 0.144. The summed E-state index contributed by atoms with van der Waals surface area (Å²) in [4.78, 5) is 33.4. The van der Waals surface area contributed by atoms with E-state index in [4.69, 9.17) is 9.15 Å². The number of nitrogens with one attached hydrogen (secondary N) is 1. The molecular formula is C16H14N2O6. The van der Waals surface area contributed by atoms with Crippen LogP contribution in [0.15, 0.2) is 47.1 Å². The van der Waals surface area contributed by atoms with Crippen LogP contribution in [0.25, 0.3) is 6.08 Å². The molecule has 0 spiro atoms. The smallest absolute Gasteiger partial charge is 0.331 e. The first kappa shape index (κ1) is 16.9. The SMILES string of the molecule is Cc1ccc([N+](=O)[O-])cc1NC(=O)COC(=O)/C=C/c1ccco1. The van der Waals surface area contributed by atoms with E-state index in [0.717, 1.165) is 6.08 Å². The van der Waals surface area contributed by atoms with Crippen LogP contribution < -0.4 is 5.32 Å². The summed E-state index contributed by atoms with van der Waals surface area (Å²) in [7, 11) is 0. The third kappa shape index (κ3) is 4.80. The molecule has 2 rings (SSSR count). The highest BCUT2D eigenvalue weighted by Gasteiger charge is 2.12. The summed E-state index contributed by atoms with van der Waals surface area (Å²) in [6.45, 7) is 1.18. The van der Waals surface area contributed by atoms with E-state index in [2.05, 4.69) is 5.32 Å². The van der Waals surface area contributed by atoms with Crippen LogP contribution in [0.1, 0.15) is 11.3 Å². The number of rotatable bonds is 6. The number of aryl methyl sites for hydroxylation is 1. The molecular weight excluding hydrogens is 316 g/mol. The largest absolute Gasteiger partial charge is 0.465 e. The average Bonchev–Trinajstić information content (AvgIpc) is 3.06. The second kappa shape index (κ2) is 7.73. The van der Waals surface area contributed by atoms with Crippen molar-refractivity contribution in [3.05, 3.63) is 64.1 Å². The number of nitro benzene ring substituents is 1. The maximum absolute atomic E-state index is 11.8. The molecule has 0 saturated carbocycles. The van der Waals surface area contributed by atoms with E-state index in [1.807, 2.05) is 0 Å². The van der Waals surface area contributed by atoms with Crippen molar-refractivity contribution in [1.82, 2.24) is 0 Å². The van der Waals surface area contributed by atoms with Gasteiger partial charge in [0.15, 0.2) is 6.61 Å². The highest BCUT2D eigenvalue weighted by molar-refractivity contribution is 5.95. The van der Waals surface area contributed by atoms with Crippen LogP contribution >= 0.6 is 0 Å². The Kier molecular flexibility index (Phi) is 5.45. The Morgan fingerprint density at radius 3 is 2.83 bits per heavy atom. The average molecular weight is 330 g/mol. The van der Waals surface area contributed by atoms with E-state index in [0.29, 0.717) is 11.3 Å². The number of hydrogen-bond donors (Lipinski definition) is 1. The normalized spacial score (nSPS) is 10.5. The molecule has 0 radical (unpaired) electrons. The Morgan fingerprint density at radius 2 is 2.17 bits per heavy atom. The summed E-state index contributed by atoms with van der Waals surface area (Å²) in [6, 6.07) is 7.42. The summed E-state index contributed by atoms with van der Waals surface area (Å²) in [5, 5.41) is 13.2. The number of nitro groups is 1. The van der Waals surface area contributed by atoms with Gasteiger partial charge in [-0.3, -0.25) is 14.9 Å². The molecule has 8 heteroatoms. The molecule has 0 aliphatic carbocycles. The van der Waals surface area contributed by atoms with Gasteiger partial charge in [-0.25, -0.2) is 4.79 Å². The Balaban J connectivity index is 1.88. The lowest BCUT2D eigenvalue weighted by Crippen LogP contribution is -2.20. The second-order valence-corrected chi connectivity index (χ2v) is 4.76. The predicted octanol–water partition coefficient (Wildman–Crippen LogP) is 2.69. The highest BCUT2D eigenvalue weighted by atomic mass is 16.6. The zero-order valence-electron chi connectivity index (χ0n) is 12.7. The Bertz CT molecular complexity index is 780. The number of carbonyl (C=O) groups is 2. The topological polar surface area (TPSA) is 112 Å². The molecule has 1 amide bonds. The van der Waals surface area contributed by atoms with Crippen molar-refractivity contribution < 1.29 is 23.7 Å². The maximum Gasteiger partial charge on any atom is 0.331 e. The molecule has 1 aromatic carbocycles. The third-order valence-electron chi connectivity index (χ3n) is 2.98. The van der Waals surface area contributed by atoms with Crippen LogP contribution in [0.3, 0.4) is 0 Å². The van der Waals surface area contributed by atoms with E-state index in [-0.39, 0.29) is 11.4 Å². The molecule has 8 nitrogen and oxygen atoms in total. The van der Waals surface area contributed by atoms with Gasteiger partial charge >= 0.3 is 5.97 Å². The van der Waals surface area contributed by atoms with E-state index in [1.165, 1.54) is 30.5 Å². The second-order valence-electron chi connectivity index (χ2n) is 4.76. The number of hydrogen-bond acceptors (Lipinski definition) is 6. The fraction of sp³-hybridized carbons (Fsp3) is 0.125. The van der Waals surface area contributed by atoms with Crippen LogP contribution in [0, 0.1) is 17.0 Å². The first-order chi connectivity index (χ1) is 11.5. The van der Waals surface area contributed by atoms with Crippen LogP contribution in [0.2, 0.25) is 0 Å². The molecule has 0 aliphatic heterocycles. The van der Waals surface area contributed by atoms with Gasteiger partial charge in [0.05, 0.1) is 16.9 Å². The fourth-order valence-corrected chi connectivity index (χ4v) is 1.77. The highest BCUT2D eigenvalue weighted by Crippen LogP contribution is 2.21. The maximum atomic E-state index is 11.8. The van der Waals surface area contributed by atoms with Gasteiger partial charge in [0.2, 0.25) is 0 Å². The number of furan rings is 1. The first-order valence-electron chi connectivity index (χ1n) is 6.89. The first-order valence-corrected chi connectivity index (χ1v) is 6.89. The Hall–Kier alpha value is -3.42. The van der Waals surface area contributed by atoms with Crippen molar-refractivity contribution in [2.45, 2.75) is 6.92 Å². The number of nitrogens with zero attached hydrogens (tertiary/aromatic N) is 1. The van der Waals surface area contributed by atoms with Crippen LogP contribution in [-0.2, 0) is 14.3 Å². The van der Waals surface area contributed by atoms with Crippen molar-refractivity contribution >= 4 is 29.3 Å². The Morgan fingerprint density at radius 1 is 1.38 bits per heavy atom. The Labute approximate surface area is 136 Å². The quantitative estimate of drug-likeness (QED) is 0.377. The molecule has 24 heavy (non-hydrogen) atoms. The lowest BCUT2D eigenvalue weighted by Gasteiger charge is -2.08. The van der Waals surface area contributed by atoms with Crippen LogP contribution in [-0.4, -0.2) is 23.4 Å². The number of benzene rings is 1. The molecule has 1 aromatic heterocycles. The number of amides is 1. The van der Waals surface area contributed by atoms with Gasteiger partial charge in [0.25, 0.3) is 11.6 Å². The monoisotopic (exact) mass is 330 g/mol. The summed E-state index contributed by atoms with van der Waals surface area (Å²) in [5.41, 5.74) is 0.795. The molecule has 0 aliphatic rings. The van der Waals surface area contributed by atoms with Crippen molar-refractivity contribution in [2.75, 3.05) is 11.9 Å². The number of ether oxygens (including phenoxy) is 1. The molecule has 0 unspecified atom stereocenters. The zero-order valence-corrected chi connectivity index (χ0v) is 12.7. The van der Waals surface area contributed by atoms with Crippen LogP contribution in [0.5, 0.6) is 0 Å². The van der Waals surface area contributed by atoms with E-state index >= 15 is 0 Å². The van der Waals surface area contributed by atoms with Gasteiger partial charge in [-0.1, -0.05) is 6.07 Å². The van der Waals surface area contributed by atoms with Gasteiger partial charge in [0, 0.05) is 18.2 Å². The van der Waals surface area contributed by atoms with Gasteiger partial charge in [0.1, 0.15) is 5.76 Å². The molecule has 2 aromatic rings. The van der Waals surface area contributed by atoms with Gasteiger partial charge in [-0.2, -0.15) is 0 Å². The summed E-state index contributed by atoms with van der Waals surface area (Å²) >= 11 is 0. The molecule has 124 valence electrons. The number of esters is 1. The summed E-state index contributed by atoms with van der Waals surface area (Å²) in [6.07, 6.45) is 4.00. The number of anilines is 1. The lowest BCUT2D eigenvalue weighted by atomic mass is 10.2. The molecule has 0 bridgehead atoms. The standard InChI is InChI=1S/C16H14N2O6/c1-11-4-5-12(18(21)22)9-14(11)17-15(19)10-24-16(20)7-6-13-3-2-8-23-13/h2-9H,10H2,1H3,(H,17,19)/b7-6+. The van der Waals surface area contributed by atoms with Crippen LogP contribution in [0.4, 0.5) is 11.4 Å². The predicted molar refractivity (Wildman–Crippen MR) is 85.2 cm³/mol. The molecule has 1 N–H and O–H groups in total. The molecule has 0 saturated heterocycles. The summed E-state index contributed by atoms with van der Waals surface area (Å²) in [5.74, 6) is -0.834. The van der Waals surface area contributed by atoms with Crippen molar-refractivity contribution in [1.29, 1.82) is 0 Å². The molecule has 0 atom stereocenters. The van der Waals surface area contributed by atoms with Crippen molar-refractivity contribution in [3.63, 3.8) is 0 Å². The summed E-state index contributed by atoms with van der Waals surface area (Å²) < 4.78 is 9.78. The molecule has 0 fully saturated rings. The zero-order chi connectivity index (χ0) is 17.5. The van der Waals surface area contributed by atoms with E-state index < -0.39 is 23.4 Å². The minimum atomic E-state index is -0.711. The van der Waals surface area contributed by atoms with Crippen molar-refractivity contribution in [3.8, 4) is 0 Å². The van der Waals surface area contributed by atoms with Gasteiger partial charge in [-0.05, 0) is 30.7 Å². The van der Waals surface area contributed by atoms with Crippen molar-refractivity contribution in [2.24, 2.45) is 0 Å². The van der Waals surface area contributed by atoms with Gasteiger partial charge < -0.3 is 14.5 Å². The van der Waals surface area contributed by atoms with E-state index in [9.17, 15) is 19.7 Å². The number of non-ortho nitro benzene ring substituents is 1. The molecule has 1 heterocycles. The third-order valence-corrected chi connectivity index (χ3v) is 2.98. The lowest BCUT2D eigenvalue weighted by molar-refractivity contribution is -0.384. The minimum Gasteiger partial charge on any atom is -0.465 e.